The average molecular weight is 314 g/mol. The smallest absolute Gasteiger partial charge is 0.308 e. The third-order valence-electron chi connectivity index (χ3n) is 4.57. The van der Waals surface area contributed by atoms with Crippen molar-refractivity contribution in [1.82, 2.24) is 9.80 Å². The molecule has 2 fully saturated rings. The van der Waals surface area contributed by atoms with Crippen LogP contribution in [-0.4, -0.2) is 72.6 Å². The van der Waals surface area contributed by atoms with Gasteiger partial charge < -0.3 is 14.5 Å². The van der Waals surface area contributed by atoms with E-state index in [1.165, 1.54) is 39.7 Å². The van der Waals surface area contributed by atoms with E-state index in [0.717, 1.165) is 36.4 Å². The number of carbonyl (C=O) groups excluding carboxylic acids is 1. The molecule has 0 radical (unpaired) electrons. The molecule has 0 aromatic rings. The van der Waals surface area contributed by atoms with Crippen molar-refractivity contribution in [1.29, 1.82) is 0 Å². The zero-order chi connectivity index (χ0) is 15.2. The first-order chi connectivity index (χ1) is 10.1. The molecule has 0 N–H and O–H groups in total. The summed E-state index contributed by atoms with van der Waals surface area (Å²) in [5, 5.41) is 1.54. The predicted molar refractivity (Wildman–Crippen MR) is 88.8 cm³/mol. The molecular weight excluding hydrogens is 284 g/mol. The molecule has 0 spiro atoms. The van der Waals surface area contributed by atoms with Crippen molar-refractivity contribution >= 4 is 17.7 Å². The van der Waals surface area contributed by atoms with Crippen LogP contribution in [0.4, 0.5) is 0 Å². The minimum absolute atomic E-state index is 0.0246. The summed E-state index contributed by atoms with van der Waals surface area (Å²) in [4.78, 5) is 16.6. The van der Waals surface area contributed by atoms with Crippen molar-refractivity contribution in [3.63, 3.8) is 0 Å². The van der Waals surface area contributed by atoms with Crippen molar-refractivity contribution in [2.45, 2.75) is 43.6 Å². The summed E-state index contributed by atoms with van der Waals surface area (Å²) in [6.45, 7) is 11.6. The number of hydrogen-bond acceptors (Lipinski definition) is 5. The number of likely N-dealkylation sites (tertiary alicyclic amines) is 1. The summed E-state index contributed by atoms with van der Waals surface area (Å²) in [6.07, 6.45) is 3.16. The van der Waals surface area contributed by atoms with Crippen molar-refractivity contribution in [2.75, 3.05) is 46.4 Å². The van der Waals surface area contributed by atoms with Gasteiger partial charge in [0, 0.05) is 23.6 Å². The Morgan fingerprint density at radius 3 is 2.24 bits per heavy atom. The second-order valence-corrected chi connectivity index (χ2v) is 8.39. The molecule has 2 atom stereocenters. The first kappa shape index (κ1) is 17.1. The standard InChI is InChI=1S/C16H30N2O2S/c1-13-11-18(12-14(2)21-13)8-4-7-17-9-5-15(6-10-17)16(19)20-3/h13-15H,4-12H2,1-3H3/t13-,14-/m1/s1. The Hall–Kier alpha value is -0.260. The van der Waals surface area contributed by atoms with Gasteiger partial charge in [-0.3, -0.25) is 4.79 Å². The van der Waals surface area contributed by atoms with Gasteiger partial charge in [-0.15, -0.1) is 0 Å². The predicted octanol–water partition coefficient (Wildman–Crippen LogP) is 2.09. The van der Waals surface area contributed by atoms with E-state index in [4.69, 9.17) is 4.74 Å². The Bertz CT molecular complexity index is 322. The first-order valence-electron chi connectivity index (χ1n) is 8.26. The quantitative estimate of drug-likeness (QED) is 0.726. The van der Waals surface area contributed by atoms with Gasteiger partial charge in [-0.1, -0.05) is 13.8 Å². The summed E-state index contributed by atoms with van der Waals surface area (Å²) in [5.74, 6) is 0.107. The molecule has 2 aliphatic heterocycles. The fraction of sp³-hybridized carbons (Fsp3) is 0.938. The fourth-order valence-corrected chi connectivity index (χ4v) is 4.93. The molecule has 2 heterocycles. The Morgan fingerprint density at radius 1 is 1.10 bits per heavy atom. The van der Waals surface area contributed by atoms with Crippen LogP contribution >= 0.6 is 11.8 Å². The second-order valence-electron chi connectivity index (χ2n) is 6.51. The zero-order valence-electron chi connectivity index (χ0n) is 13.7. The van der Waals surface area contributed by atoms with Crippen LogP contribution in [0.15, 0.2) is 0 Å². The number of hydrogen-bond donors (Lipinski definition) is 0. The van der Waals surface area contributed by atoms with Crippen LogP contribution in [0, 0.1) is 5.92 Å². The summed E-state index contributed by atoms with van der Waals surface area (Å²) in [7, 11) is 1.49. The number of thioether (sulfide) groups is 1. The minimum Gasteiger partial charge on any atom is -0.469 e. The van der Waals surface area contributed by atoms with E-state index in [1.807, 2.05) is 0 Å². The van der Waals surface area contributed by atoms with E-state index in [-0.39, 0.29) is 11.9 Å². The van der Waals surface area contributed by atoms with Crippen LogP contribution in [0.25, 0.3) is 0 Å². The minimum atomic E-state index is -0.0246. The van der Waals surface area contributed by atoms with Crippen LogP contribution in [0.1, 0.15) is 33.1 Å². The topological polar surface area (TPSA) is 32.8 Å². The Balaban J connectivity index is 1.60. The van der Waals surface area contributed by atoms with Gasteiger partial charge in [0.25, 0.3) is 0 Å². The number of ether oxygens (including phenoxy) is 1. The van der Waals surface area contributed by atoms with Gasteiger partial charge in [0.15, 0.2) is 0 Å². The number of carbonyl (C=O) groups is 1. The molecule has 4 nitrogen and oxygen atoms in total. The highest BCUT2D eigenvalue weighted by molar-refractivity contribution is 8.00. The molecule has 5 heteroatoms. The van der Waals surface area contributed by atoms with Crippen molar-refractivity contribution in [2.24, 2.45) is 5.92 Å². The molecule has 2 saturated heterocycles. The van der Waals surface area contributed by atoms with Crippen molar-refractivity contribution in [3.8, 4) is 0 Å². The molecule has 0 amide bonds. The molecule has 0 unspecified atom stereocenters. The molecule has 0 aliphatic carbocycles. The highest BCUT2D eigenvalue weighted by Crippen LogP contribution is 2.24. The lowest BCUT2D eigenvalue weighted by Gasteiger charge is -2.35. The maximum absolute atomic E-state index is 11.5. The Labute approximate surface area is 133 Å². The van der Waals surface area contributed by atoms with Gasteiger partial charge in [-0.05, 0) is 45.4 Å². The SMILES string of the molecule is COC(=O)C1CCN(CCCN2C[C@@H](C)S[C@H](C)C2)CC1. The lowest BCUT2D eigenvalue weighted by atomic mass is 9.97. The summed E-state index contributed by atoms with van der Waals surface area (Å²) in [6, 6.07) is 0. The van der Waals surface area contributed by atoms with Crippen LogP contribution in [0.2, 0.25) is 0 Å². The molecule has 0 bridgehead atoms. The summed E-state index contributed by atoms with van der Waals surface area (Å²) >= 11 is 2.12. The third kappa shape index (κ3) is 5.46. The van der Waals surface area contributed by atoms with Gasteiger partial charge in [0.05, 0.1) is 13.0 Å². The average Bonchev–Trinajstić information content (AvgIpc) is 2.46. The number of esters is 1. The summed E-state index contributed by atoms with van der Waals surface area (Å²) in [5.41, 5.74) is 0. The van der Waals surface area contributed by atoms with Crippen molar-refractivity contribution < 1.29 is 9.53 Å². The molecular formula is C16H30N2O2S. The van der Waals surface area contributed by atoms with Crippen LogP contribution in [-0.2, 0) is 9.53 Å². The van der Waals surface area contributed by atoms with Gasteiger partial charge in [-0.25, -0.2) is 0 Å². The second kappa shape index (κ2) is 8.39. The first-order valence-corrected chi connectivity index (χ1v) is 9.20. The Morgan fingerprint density at radius 2 is 1.67 bits per heavy atom. The molecule has 2 aliphatic rings. The molecule has 21 heavy (non-hydrogen) atoms. The fourth-order valence-electron chi connectivity index (χ4n) is 3.54. The summed E-state index contributed by atoms with van der Waals surface area (Å²) < 4.78 is 4.84. The van der Waals surface area contributed by atoms with E-state index in [1.54, 1.807) is 0 Å². The van der Waals surface area contributed by atoms with Crippen LogP contribution in [0.3, 0.4) is 0 Å². The molecule has 2 rings (SSSR count). The van der Waals surface area contributed by atoms with E-state index in [9.17, 15) is 4.79 Å². The van der Waals surface area contributed by atoms with Crippen LogP contribution < -0.4 is 0 Å². The normalized spacial score (nSPS) is 29.5. The van der Waals surface area contributed by atoms with E-state index in [2.05, 4.69) is 35.4 Å². The third-order valence-corrected chi connectivity index (χ3v) is 5.79. The zero-order valence-corrected chi connectivity index (χ0v) is 14.5. The van der Waals surface area contributed by atoms with Gasteiger partial charge in [0.1, 0.15) is 0 Å². The van der Waals surface area contributed by atoms with Crippen molar-refractivity contribution in [3.05, 3.63) is 0 Å². The van der Waals surface area contributed by atoms with Crippen LogP contribution in [0.5, 0.6) is 0 Å². The molecule has 0 aromatic heterocycles. The highest BCUT2D eigenvalue weighted by Gasteiger charge is 2.26. The molecule has 122 valence electrons. The number of piperidine rings is 1. The van der Waals surface area contributed by atoms with E-state index < -0.39 is 0 Å². The molecule has 0 aromatic carbocycles. The largest absolute Gasteiger partial charge is 0.469 e. The van der Waals surface area contributed by atoms with E-state index in [0.29, 0.717) is 0 Å². The Kier molecular flexibility index (Phi) is 6.83. The lowest BCUT2D eigenvalue weighted by Crippen LogP contribution is -2.42. The highest BCUT2D eigenvalue weighted by atomic mass is 32.2. The number of nitrogens with zero attached hydrogens (tertiary/aromatic N) is 2. The molecule has 0 saturated carbocycles. The maximum Gasteiger partial charge on any atom is 0.308 e. The van der Waals surface area contributed by atoms with Gasteiger partial charge >= 0.3 is 5.97 Å². The number of methoxy groups -OCH3 is 1. The lowest BCUT2D eigenvalue weighted by molar-refractivity contribution is -0.147. The number of rotatable bonds is 5. The van der Waals surface area contributed by atoms with Gasteiger partial charge in [0.2, 0.25) is 0 Å². The monoisotopic (exact) mass is 314 g/mol. The van der Waals surface area contributed by atoms with Gasteiger partial charge in [-0.2, -0.15) is 11.8 Å². The van der Waals surface area contributed by atoms with E-state index >= 15 is 0 Å². The maximum atomic E-state index is 11.5.